The maximum atomic E-state index is 11.8. The van der Waals surface area contributed by atoms with Crippen LogP contribution in [0.5, 0.6) is 5.75 Å². The molecular weight excluding hydrogens is 300 g/mol. The van der Waals surface area contributed by atoms with Gasteiger partial charge in [0.05, 0.1) is 6.54 Å². The molecule has 1 aromatic carbocycles. The van der Waals surface area contributed by atoms with Gasteiger partial charge >= 0.3 is 11.8 Å². The van der Waals surface area contributed by atoms with Gasteiger partial charge in [0, 0.05) is 10.6 Å². The molecule has 0 aliphatic rings. The summed E-state index contributed by atoms with van der Waals surface area (Å²) >= 11 is 1.52. The van der Waals surface area contributed by atoms with E-state index in [1.807, 2.05) is 17.5 Å². The molecule has 2 amide bonds. The number of carbonyl (C=O) groups excluding carboxylic acids is 2. The Labute approximate surface area is 132 Å². The number of hydrogen-bond acceptors (Lipinski definition) is 4. The Morgan fingerprint density at radius 1 is 1.18 bits per heavy atom. The van der Waals surface area contributed by atoms with Crippen molar-refractivity contribution in [2.24, 2.45) is 0 Å². The van der Waals surface area contributed by atoms with Crippen LogP contribution in [0.2, 0.25) is 0 Å². The maximum absolute atomic E-state index is 11.8. The second kappa shape index (κ2) is 7.99. The van der Waals surface area contributed by atoms with Crippen molar-refractivity contribution >= 4 is 28.8 Å². The molecule has 0 saturated heterocycles. The van der Waals surface area contributed by atoms with Crippen LogP contribution in [-0.2, 0) is 16.1 Å². The first-order valence-corrected chi connectivity index (χ1v) is 7.52. The molecular formula is C16H16N2O3S. The Morgan fingerprint density at radius 2 is 1.95 bits per heavy atom. The van der Waals surface area contributed by atoms with E-state index in [1.54, 1.807) is 30.3 Å². The van der Waals surface area contributed by atoms with E-state index in [4.69, 9.17) is 4.74 Å². The minimum Gasteiger partial charge on any atom is -0.490 e. The molecule has 0 aliphatic heterocycles. The number of thiophene rings is 1. The van der Waals surface area contributed by atoms with Gasteiger partial charge in [-0.25, -0.2) is 0 Å². The number of benzene rings is 1. The quantitative estimate of drug-likeness (QED) is 0.636. The van der Waals surface area contributed by atoms with Crippen LogP contribution in [0.4, 0.5) is 5.69 Å². The van der Waals surface area contributed by atoms with Crippen molar-refractivity contribution in [1.29, 1.82) is 0 Å². The molecule has 0 unspecified atom stereocenters. The van der Waals surface area contributed by atoms with Crippen LogP contribution in [0, 0.1) is 0 Å². The van der Waals surface area contributed by atoms with E-state index in [-0.39, 0.29) is 0 Å². The molecule has 1 aromatic heterocycles. The summed E-state index contributed by atoms with van der Waals surface area (Å²) in [6, 6.07) is 10.5. The van der Waals surface area contributed by atoms with Crippen LogP contribution in [-0.4, -0.2) is 18.4 Å². The highest BCUT2D eigenvalue weighted by atomic mass is 32.1. The van der Waals surface area contributed by atoms with Gasteiger partial charge in [-0.3, -0.25) is 9.59 Å². The smallest absolute Gasteiger partial charge is 0.313 e. The fourth-order valence-corrected chi connectivity index (χ4v) is 2.28. The number of hydrogen-bond donors (Lipinski definition) is 2. The van der Waals surface area contributed by atoms with Crippen LogP contribution in [0.15, 0.2) is 54.4 Å². The van der Waals surface area contributed by atoms with Gasteiger partial charge in [-0.15, -0.1) is 11.3 Å². The Balaban J connectivity index is 1.82. The molecule has 0 saturated carbocycles. The average molecular weight is 316 g/mol. The summed E-state index contributed by atoms with van der Waals surface area (Å²) in [5, 5.41) is 7.01. The highest BCUT2D eigenvalue weighted by Crippen LogP contribution is 2.15. The first-order valence-electron chi connectivity index (χ1n) is 6.64. The van der Waals surface area contributed by atoms with E-state index in [0.717, 1.165) is 4.88 Å². The fourth-order valence-electron chi connectivity index (χ4n) is 1.64. The number of carbonyl (C=O) groups is 2. The number of rotatable bonds is 6. The molecule has 22 heavy (non-hydrogen) atoms. The van der Waals surface area contributed by atoms with Crippen molar-refractivity contribution < 1.29 is 14.3 Å². The molecule has 0 fully saturated rings. The number of anilines is 1. The summed E-state index contributed by atoms with van der Waals surface area (Å²) in [6.07, 6.45) is 1.65. The molecule has 0 spiro atoms. The van der Waals surface area contributed by atoms with E-state index in [9.17, 15) is 9.59 Å². The van der Waals surface area contributed by atoms with E-state index in [0.29, 0.717) is 24.6 Å². The molecule has 0 atom stereocenters. The third-order valence-corrected chi connectivity index (χ3v) is 3.57. The van der Waals surface area contributed by atoms with Crippen LogP contribution in [0.3, 0.4) is 0 Å². The van der Waals surface area contributed by atoms with E-state index in [1.165, 1.54) is 11.3 Å². The predicted molar refractivity (Wildman–Crippen MR) is 86.9 cm³/mol. The standard InChI is InChI=1S/C16H16N2O3S/c1-2-9-21-13-7-5-12(6-8-13)18-16(20)15(19)17-11-14-4-3-10-22-14/h2-8,10H,1,9,11H2,(H,17,19)(H,18,20). The van der Waals surface area contributed by atoms with Crippen LogP contribution in [0.1, 0.15) is 4.88 Å². The Hall–Kier alpha value is -2.60. The molecule has 6 heteroatoms. The largest absolute Gasteiger partial charge is 0.490 e. The zero-order valence-electron chi connectivity index (χ0n) is 11.9. The molecule has 2 rings (SSSR count). The lowest BCUT2D eigenvalue weighted by atomic mass is 10.3. The lowest BCUT2D eigenvalue weighted by Crippen LogP contribution is -2.34. The lowest BCUT2D eigenvalue weighted by Gasteiger charge is -2.07. The van der Waals surface area contributed by atoms with Crippen molar-refractivity contribution in [3.8, 4) is 5.75 Å². The second-order valence-corrected chi connectivity index (χ2v) is 5.37. The first-order chi connectivity index (χ1) is 10.7. The first kappa shape index (κ1) is 15.8. The maximum Gasteiger partial charge on any atom is 0.313 e. The van der Waals surface area contributed by atoms with Crippen molar-refractivity contribution in [3.05, 3.63) is 59.3 Å². The molecule has 2 N–H and O–H groups in total. The van der Waals surface area contributed by atoms with E-state index in [2.05, 4.69) is 17.2 Å². The van der Waals surface area contributed by atoms with E-state index >= 15 is 0 Å². The SMILES string of the molecule is C=CCOc1ccc(NC(=O)C(=O)NCc2cccs2)cc1. The summed E-state index contributed by atoms with van der Waals surface area (Å²) in [4.78, 5) is 24.5. The van der Waals surface area contributed by atoms with Gasteiger partial charge in [-0.1, -0.05) is 18.7 Å². The highest BCUT2D eigenvalue weighted by molar-refractivity contribution is 7.09. The normalized spacial score (nSPS) is 9.82. The van der Waals surface area contributed by atoms with Crippen LogP contribution in [0.25, 0.3) is 0 Å². The Morgan fingerprint density at radius 3 is 2.59 bits per heavy atom. The van der Waals surface area contributed by atoms with Gasteiger partial charge in [0.1, 0.15) is 12.4 Å². The molecule has 0 radical (unpaired) electrons. The van der Waals surface area contributed by atoms with E-state index < -0.39 is 11.8 Å². The third-order valence-electron chi connectivity index (χ3n) is 2.69. The minimum atomic E-state index is -0.698. The van der Waals surface area contributed by atoms with Gasteiger partial charge in [0.15, 0.2) is 0 Å². The Bertz CT molecular complexity index is 636. The summed E-state index contributed by atoms with van der Waals surface area (Å²) in [6.45, 7) is 4.32. The van der Waals surface area contributed by atoms with Gasteiger partial charge in [0.2, 0.25) is 0 Å². The lowest BCUT2D eigenvalue weighted by molar-refractivity contribution is -0.136. The topological polar surface area (TPSA) is 67.4 Å². The monoisotopic (exact) mass is 316 g/mol. The number of ether oxygens (including phenoxy) is 1. The fraction of sp³-hybridized carbons (Fsp3) is 0.125. The molecule has 0 aliphatic carbocycles. The Kier molecular flexibility index (Phi) is 5.73. The molecule has 0 bridgehead atoms. The predicted octanol–water partition coefficient (Wildman–Crippen LogP) is 2.57. The van der Waals surface area contributed by atoms with Gasteiger partial charge < -0.3 is 15.4 Å². The van der Waals surface area contributed by atoms with Crippen molar-refractivity contribution in [1.82, 2.24) is 5.32 Å². The molecule has 2 aromatic rings. The van der Waals surface area contributed by atoms with Gasteiger partial charge in [-0.2, -0.15) is 0 Å². The van der Waals surface area contributed by atoms with Gasteiger partial charge in [0.25, 0.3) is 0 Å². The summed E-state index contributed by atoms with van der Waals surface area (Å²) < 4.78 is 5.33. The summed E-state index contributed by atoms with van der Waals surface area (Å²) in [5.74, 6) is -0.697. The zero-order chi connectivity index (χ0) is 15.8. The van der Waals surface area contributed by atoms with Crippen molar-refractivity contribution in [2.45, 2.75) is 6.54 Å². The van der Waals surface area contributed by atoms with Gasteiger partial charge in [-0.05, 0) is 35.7 Å². The van der Waals surface area contributed by atoms with Crippen molar-refractivity contribution in [3.63, 3.8) is 0 Å². The minimum absolute atomic E-state index is 0.345. The second-order valence-electron chi connectivity index (χ2n) is 4.34. The zero-order valence-corrected chi connectivity index (χ0v) is 12.7. The number of nitrogens with one attached hydrogen (secondary N) is 2. The molecule has 114 valence electrons. The molecule has 1 heterocycles. The summed E-state index contributed by atoms with van der Waals surface area (Å²) in [7, 11) is 0. The third kappa shape index (κ3) is 4.75. The van der Waals surface area contributed by atoms with Crippen LogP contribution >= 0.6 is 11.3 Å². The number of amides is 2. The van der Waals surface area contributed by atoms with Crippen LogP contribution < -0.4 is 15.4 Å². The molecule has 5 nitrogen and oxygen atoms in total. The highest BCUT2D eigenvalue weighted by Gasteiger charge is 2.13. The summed E-state index contributed by atoms with van der Waals surface area (Å²) in [5.41, 5.74) is 0.530. The van der Waals surface area contributed by atoms with Crippen molar-refractivity contribution in [2.75, 3.05) is 11.9 Å². The average Bonchev–Trinajstić information content (AvgIpc) is 3.05.